The fraction of sp³-hybridized carbons (Fsp3) is 0.600. The molecule has 0 bridgehead atoms. The second kappa shape index (κ2) is 9.58. The summed E-state index contributed by atoms with van der Waals surface area (Å²) in [5.41, 5.74) is 2.27. The Morgan fingerprint density at radius 2 is 1.82 bits per heavy atom. The van der Waals surface area contributed by atoms with Crippen LogP contribution in [0.3, 0.4) is 0 Å². The molecular weight excluding hydrogens is 438 g/mol. The molecule has 1 atom stereocenters. The number of rotatable bonds is 6. The molecule has 8 heteroatoms. The third-order valence-corrected chi connectivity index (χ3v) is 7.68. The summed E-state index contributed by atoms with van der Waals surface area (Å²) in [6, 6.07) is 7.83. The maximum Gasteiger partial charge on any atom is 0.324 e. The second-order valence-electron chi connectivity index (χ2n) is 10.3. The van der Waals surface area contributed by atoms with Gasteiger partial charge in [-0.05, 0) is 61.3 Å². The number of nitrogens with zero attached hydrogens (tertiary/aromatic N) is 3. The summed E-state index contributed by atoms with van der Waals surface area (Å²) < 4.78 is 35.1. The third-order valence-electron chi connectivity index (χ3n) is 6.55. The summed E-state index contributed by atoms with van der Waals surface area (Å²) in [5, 5.41) is 4.14. The minimum atomic E-state index is -3.16. The Bertz CT molecular complexity index is 1080. The maximum atomic E-state index is 11.6. The van der Waals surface area contributed by atoms with Crippen LogP contribution >= 0.6 is 0 Å². The molecule has 4 rings (SSSR count). The minimum Gasteiger partial charge on any atom is -0.378 e. The predicted molar refractivity (Wildman–Crippen MR) is 129 cm³/mol. The van der Waals surface area contributed by atoms with E-state index in [-0.39, 0.29) is 11.5 Å². The molecule has 2 aliphatic rings. The van der Waals surface area contributed by atoms with Gasteiger partial charge in [-0.25, -0.2) is 8.42 Å². The van der Waals surface area contributed by atoms with Crippen LogP contribution in [0, 0.1) is 5.92 Å². The molecule has 1 unspecified atom stereocenters. The number of sulfone groups is 1. The molecule has 1 saturated heterocycles. The highest BCUT2D eigenvalue weighted by Gasteiger charge is 2.27. The van der Waals surface area contributed by atoms with E-state index in [1.807, 2.05) is 12.1 Å². The number of benzene rings is 1. The van der Waals surface area contributed by atoms with Crippen molar-refractivity contribution in [2.24, 2.45) is 5.92 Å². The summed E-state index contributed by atoms with van der Waals surface area (Å²) in [5.74, 6) is 1.30. The Morgan fingerprint density at radius 1 is 1.12 bits per heavy atom. The molecule has 0 amide bonds. The number of ether oxygens (including phenoxy) is 1. The fourth-order valence-electron chi connectivity index (χ4n) is 4.35. The molecular formula is C25H35N3O4S. The zero-order valence-corrected chi connectivity index (χ0v) is 20.9. The van der Waals surface area contributed by atoms with Crippen molar-refractivity contribution in [2.75, 3.05) is 30.9 Å². The minimum absolute atomic E-state index is 0.109. The van der Waals surface area contributed by atoms with E-state index < -0.39 is 9.84 Å². The van der Waals surface area contributed by atoms with Crippen LogP contribution < -0.4 is 4.90 Å². The van der Waals surface area contributed by atoms with Crippen molar-refractivity contribution in [3.8, 4) is 0 Å². The van der Waals surface area contributed by atoms with Crippen molar-refractivity contribution in [3.05, 3.63) is 41.7 Å². The van der Waals surface area contributed by atoms with E-state index in [2.05, 4.69) is 41.9 Å². The molecule has 0 radical (unpaired) electrons. The van der Waals surface area contributed by atoms with E-state index in [0.717, 1.165) is 63.2 Å². The van der Waals surface area contributed by atoms with E-state index in [4.69, 9.17) is 9.26 Å². The number of anilines is 1. The molecule has 2 aromatic rings. The first-order chi connectivity index (χ1) is 15.6. The predicted octanol–water partition coefficient (Wildman–Crippen LogP) is 4.64. The van der Waals surface area contributed by atoms with Crippen molar-refractivity contribution in [3.63, 3.8) is 0 Å². The van der Waals surface area contributed by atoms with Gasteiger partial charge in [0.15, 0.2) is 15.7 Å². The van der Waals surface area contributed by atoms with E-state index in [9.17, 15) is 8.42 Å². The van der Waals surface area contributed by atoms with Crippen LogP contribution in [0.2, 0.25) is 0 Å². The number of aromatic nitrogens is 2. The summed E-state index contributed by atoms with van der Waals surface area (Å²) >= 11 is 0. The first kappa shape index (κ1) is 24.0. The van der Waals surface area contributed by atoms with Gasteiger partial charge in [0.1, 0.15) is 0 Å². The van der Waals surface area contributed by atoms with E-state index in [0.29, 0.717) is 16.8 Å². The Labute approximate surface area is 197 Å². The lowest BCUT2D eigenvalue weighted by molar-refractivity contribution is 0.0196. The van der Waals surface area contributed by atoms with Gasteiger partial charge in [0.2, 0.25) is 0 Å². The van der Waals surface area contributed by atoms with Gasteiger partial charge in [-0.1, -0.05) is 44.1 Å². The zero-order valence-electron chi connectivity index (χ0n) is 20.1. The lowest BCUT2D eigenvalue weighted by Gasteiger charge is -2.32. The van der Waals surface area contributed by atoms with Gasteiger partial charge in [0.05, 0.1) is 11.0 Å². The number of piperidine rings is 1. The molecule has 0 N–H and O–H groups in total. The number of allylic oxidation sites excluding steroid dienone is 1. The molecule has 7 nitrogen and oxygen atoms in total. The Hall–Kier alpha value is -2.19. The van der Waals surface area contributed by atoms with Crippen LogP contribution in [0.25, 0.3) is 5.57 Å². The normalized spacial score (nSPS) is 20.7. The van der Waals surface area contributed by atoms with Gasteiger partial charge in [0, 0.05) is 31.4 Å². The highest BCUT2D eigenvalue weighted by molar-refractivity contribution is 7.90. The van der Waals surface area contributed by atoms with Gasteiger partial charge in [-0.2, -0.15) is 4.98 Å². The average Bonchev–Trinajstić information content (AvgIpc) is 3.29. The van der Waals surface area contributed by atoms with Crippen LogP contribution in [-0.2, 0) is 20.0 Å². The molecule has 2 heterocycles. The van der Waals surface area contributed by atoms with Gasteiger partial charge >= 0.3 is 6.01 Å². The van der Waals surface area contributed by atoms with Crippen molar-refractivity contribution in [1.29, 1.82) is 0 Å². The van der Waals surface area contributed by atoms with Crippen molar-refractivity contribution in [2.45, 2.75) is 69.3 Å². The highest BCUT2D eigenvalue weighted by atomic mass is 32.2. The van der Waals surface area contributed by atoms with E-state index in [1.54, 1.807) is 12.1 Å². The molecule has 1 aliphatic heterocycles. The molecule has 1 fully saturated rings. The fourth-order valence-corrected chi connectivity index (χ4v) is 4.98. The lowest BCUT2D eigenvalue weighted by Crippen LogP contribution is -2.36. The topological polar surface area (TPSA) is 85.5 Å². The maximum absolute atomic E-state index is 11.6. The summed E-state index contributed by atoms with van der Waals surface area (Å²) in [4.78, 5) is 7.13. The van der Waals surface area contributed by atoms with Gasteiger partial charge in [-0.15, -0.1) is 0 Å². The van der Waals surface area contributed by atoms with Crippen molar-refractivity contribution >= 4 is 21.4 Å². The van der Waals surface area contributed by atoms with E-state index in [1.165, 1.54) is 11.8 Å². The molecule has 1 aliphatic carbocycles. The first-order valence-electron chi connectivity index (χ1n) is 11.8. The molecule has 1 aromatic heterocycles. The molecule has 0 saturated carbocycles. The number of hydrogen-bond donors (Lipinski definition) is 0. The molecule has 0 spiro atoms. The first-order valence-corrected chi connectivity index (χ1v) is 13.7. The molecule has 1 aromatic carbocycles. The SMILES string of the molecule is CC(C)(C)c1noc(N2CCC(COC3CC=C(c4ccc(S(C)(=O)=O)cc4)CC3)CC2)n1. The van der Waals surface area contributed by atoms with Gasteiger partial charge < -0.3 is 14.2 Å². The zero-order chi connectivity index (χ0) is 23.6. The van der Waals surface area contributed by atoms with Crippen molar-refractivity contribution < 1.29 is 17.7 Å². The molecule has 33 heavy (non-hydrogen) atoms. The van der Waals surface area contributed by atoms with Crippen LogP contribution in [0.5, 0.6) is 0 Å². The van der Waals surface area contributed by atoms with Crippen molar-refractivity contribution in [1.82, 2.24) is 10.1 Å². The average molecular weight is 474 g/mol. The summed E-state index contributed by atoms with van der Waals surface area (Å²) in [7, 11) is -3.16. The van der Waals surface area contributed by atoms with Crippen LogP contribution in [0.4, 0.5) is 6.01 Å². The largest absolute Gasteiger partial charge is 0.378 e. The van der Waals surface area contributed by atoms with Gasteiger partial charge in [-0.3, -0.25) is 0 Å². The molecule has 180 valence electrons. The Kier molecular flexibility index (Phi) is 6.96. The Morgan fingerprint density at radius 3 is 2.36 bits per heavy atom. The van der Waals surface area contributed by atoms with E-state index >= 15 is 0 Å². The van der Waals surface area contributed by atoms with Crippen LogP contribution in [0.15, 0.2) is 39.8 Å². The summed E-state index contributed by atoms with van der Waals surface area (Å²) in [6.07, 6.45) is 8.72. The standard InChI is InChI=1S/C25H35N3O4S/c1-25(2,3)23-26-24(32-27-23)28-15-13-18(14-16-28)17-31-21-9-5-19(6-10-21)20-7-11-22(12-8-20)33(4,29)30/h5,7-8,11-12,18,21H,6,9-10,13-17H2,1-4H3. The smallest absolute Gasteiger partial charge is 0.324 e. The monoisotopic (exact) mass is 473 g/mol. The van der Waals surface area contributed by atoms with Crippen LogP contribution in [0.1, 0.15) is 64.3 Å². The quantitative estimate of drug-likeness (QED) is 0.604. The lowest BCUT2D eigenvalue weighted by atomic mass is 9.92. The van der Waals surface area contributed by atoms with Gasteiger partial charge in [0.25, 0.3) is 0 Å². The third kappa shape index (κ3) is 6.03. The highest BCUT2D eigenvalue weighted by Crippen LogP contribution is 2.30. The number of hydrogen-bond acceptors (Lipinski definition) is 7. The second-order valence-corrected chi connectivity index (χ2v) is 12.4. The Balaban J connectivity index is 1.22. The summed E-state index contributed by atoms with van der Waals surface area (Å²) in [6.45, 7) is 8.88. The van der Waals surface area contributed by atoms with Crippen LogP contribution in [-0.4, -0.2) is 50.6 Å².